The maximum absolute atomic E-state index is 5.55. The summed E-state index contributed by atoms with van der Waals surface area (Å²) in [6, 6.07) is 1.88. The van der Waals surface area contributed by atoms with E-state index in [0.29, 0.717) is 6.61 Å². The normalized spacial score (nSPS) is 10.0. The van der Waals surface area contributed by atoms with Crippen molar-refractivity contribution in [2.24, 2.45) is 0 Å². The minimum atomic E-state index is 0.654. The summed E-state index contributed by atoms with van der Waals surface area (Å²) in [5.74, 6) is 1.56. The van der Waals surface area contributed by atoms with Crippen LogP contribution in [0, 0.1) is 0 Å². The van der Waals surface area contributed by atoms with Crippen molar-refractivity contribution in [1.82, 2.24) is 4.98 Å². The van der Waals surface area contributed by atoms with Crippen LogP contribution in [0.15, 0.2) is 18.5 Å². The Kier molecular flexibility index (Phi) is 5.59. The van der Waals surface area contributed by atoms with E-state index in [2.05, 4.69) is 11.9 Å². The van der Waals surface area contributed by atoms with Crippen molar-refractivity contribution in [2.75, 3.05) is 13.2 Å². The summed E-state index contributed by atoms with van der Waals surface area (Å²) in [7, 11) is 0. The molecule has 0 fully saturated rings. The first-order valence-electron chi connectivity index (χ1n) is 5.57. The molecule has 3 heteroatoms. The Hall–Kier alpha value is -1.25. The summed E-state index contributed by atoms with van der Waals surface area (Å²) in [5.41, 5.74) is 0. The molecule has 0 aliphatic heterocycles. The van der Waals surface area contributed by atoms with Gasteiger partial charge in [0, 0.05) is 6.07 Å². The van der Waals surface area contributed by atoms with Crippen LogP contribution in [0.2, 0.25) is 0 Å². The number of hydrogen-bond acceptors (Lipinski definition) is 3. The van der Waals surface area contributed by atoms with Crippen molar-refractivity contribution in [3.8, 4) is 11.5 Å². The van der Waals surface area contributed by atoms with Crippen molar-refractivity contribution in [3.63, 3.8) is 0 Å². The van der Waals surface area contributed by atoms with Gasteiger partial charge in [-0.25, -0.2) is 0 Å². The third-order valence-electron chi connectivity index (χ3n) is 2.02. The van der Waals surface area contributed by atoms with E-state index in [9.17, 15) is 0 Å². The van der Waals surface area contributed by atoms with Gasteiger partial charge in [0.05, 0.1) is 25.6 Å². The molecule has 0 amide bonds. The zero-order valence-electron chi connectivity index (χ0n) is 9.53. The number of unbranched alkanes of at least 4 members (excludes halogenated alkanes) is 2. The molecule has 0 bridgehead atoms. The second kappa shape index (κ2) is 7.10. The van der Waals surface area contributed by atoms with Gasteiger partial charge in [0.1, 0.15) is 11.5 Å². The van der Waals surface area contributed by atoms with Crippen LogP contribution in [0.5, 0.6) is 11.5 Å². The Morgan fingerprint density at radius 3 is 2.47 bits per heavy atom. The first-order chi connectivity index (χ1) is 7.36. The molecule has 0 unspecified atom stereocenters. The lowest BCUT2D eigenvalue weighted by atomic mass is 10.3. The van der Waals surface area contributed by atoms with Gasteiger partial charge in [-0.1, -0.05) is 19.8 Å². The lowest BCUT2D eigenvalue weighted by molar-refractivity contribution is 0.298. The Labute approximate surface area is 91.4 Å². The molecule has 1 rings (SSSR count). The van der Waals surface area contributed by atoms with E-state index in [4.69, 9.17) is 9.47 Å². The molecule has 1 aromatic rings. The maximum atomic E-state index is 5.55. The summed E-state index contributed by atoms with van der Waals surface area (Å²) >= 11 is 0. The first kappa shape index (κ1) is 11.8. The molecule has 1 heterocycles. The fourth-order valence-electron chi connectivity index (χ4n) is 1.27. The van der Waals surface area contributed by atoms with Crippen molar-refractivity contribution < 1.29 is 9.47 Å². The lowest BCUT2D eigenvalue weighted by Crippen LogP contribution is -1.98. The third kappa shape index (κ3) is 4.68. The molecule has 0 aromatic carbocycles. The van der Waals surface area contributed by atoms with Crippen molar-refractivity contribution in [3.05, 3.63) is 18.5 Å². The van der Waals surface area contributed by atoms with Crippen molar-refractivity contribution in [1.29, 1.82) is 0 Å². The average Bonchev–Trinajstić information content (AvgIpc) is 2.26. The number of hydrogen-bond donors (Lipinski definition) is 0. The molecule has 0 radical (unpaired) electrons. The highest BCUT2D eigenvalue weighted by molar-refractivity contribution is 5.28. The molecule has 3 nitrogen and oxygen atoms in total. The molecule has 0 saturated heterocycles. The fourth-order valence-corrected chi connectivity index (χ4v) is 1.27. The molecule has 0 aliphatic rings. The Bertz CT molecular complexity index is 276. The van der Waals surface area contributed by atoms with E-state index in [0.717, 1.165) is 24.5 Å². The summed E-state index contributed by atoms with van der Waals surface area (Å²) < 4.78 is 10.9. The van der Waals surface area contributed by atoms with Crippen LogP contribution in [0.3, 0.4) is 0 Å². The molecular weight excluding hydrogens is 190 g/mol. The maximum Gasteiger partial charge on any atom is 0.141 e. The zero-order chi connectivity index (χ0) is 10.9. The van der Waals surface area contributed by atoms with Crippen LogP contribution in [-0.4, -0.2) is 18.2 Å². The van der Waals surface area contributed by atoms with Gasteiger partial charge < -0.3 is 9.47 Å². The quantitative estimate of drug-likeness (QED) is 0.647. The van der Waals surface area contributed by atoms with Gasteiger partial charge >= 0.3 is 0 Å². The van der Waals surface area contributed by atoms with Gasteiger partial charge in [0.25, 0.3) is 0 Å². The van der Waals surface area contributed by atoms with Crippen LogP contribution in [0.4, 0.5) is 0 Å². The summed E-state index contributed by atoms with van der Waals surface area (Å²) in [6.07, 6.45) is 6.92. The van der Waals surface area contributed by atoms with Gasteiger partial charge in [-0.15, -0.1) is 0 Å². The van der Waals surface area contributed by atoms with E-state index in [-0.39, 0.29) is 0 Å². The summed E-state index contributed by atoms with van der Waals surface area (Å²) in [5, 5.41) is 0. The molecule has 1 aromatic heterocycles. The van der Waals surface area contributed by atoms with Gasteiger partial charge in [-0.05, 0) is 13.3 Å². The van der Waals surface area contributed by atoms with Crippen LogP contribution in [0.25, 0.3) is 0 Å². The number of aromatic nitrogens is 1. The molecule has 0 N–H and O–H groups in total. The van der Waals surface area contributed by atoms with E-state index >= 15 is 0 Å². The van der Waals surface area contributed by atoms with Crippen molar-refractivity contribution in [2.45, 2.75) is 33.1 Å². The molecule has 15 heavy (non-hydrogen) atoms. The smallest absolute Gasteiger partial charge is 0.141 e. The number of nitrogens with zero attached hydrogens (tertiary/aromatic N) is 1. The summed E-state index contributed by atoms with van der Waals surface area (Å²) in [6.45, 7) is 5.54. The predicted octanol–water partition coefficient (Wildman–Crippen LogP) is 3.05. The summed E-state index contributed by atoms with van der Waals surface area (Å²) in [4.78, 5) is 4.05. The first-order valence-corrected chi connectivity index (χ1v) is 5.57. The topological polar surface area (TPSA) is 31.4 Å². The lowest BCUT2D eigenvalue weighted by Gasteiger charge is -2.07. The van der Waals surface area contributed by atoms with Crippen LogP contribution in [0.1, 0.15) is 33.1 Å². The Balaban J connectivity index is 2.36. The van der Waals surface area contributed by atoms with E-state index < -0.39 is 0 Å². The van der Waals surface area contributed by atoms with E-state index in [1.165, 1.54) is 12.8 Å². The second-order valence-electron chi connectivity index (χ2n) is 3.34. The van der Waals surface area contributed by atoms with Crippen LogP contribution < -0.4 is 9.47 Å². The minimum Gasteiger partial charge on any atom is -0.492 e. The van der Waals surface area contributed by atoms with Crippen LogP contribution >= 0.6 is 0 Å². The molecular formula is C12H19NO2. The standard InChI is InChI=1S/C12H19NO2/c1-3-5-6-7-15-12-8-11(14-4-2)9-13-10-12/h8-10H,3-7H2,1-2H3. The fraction of sp³-hybridized carbons (Fsp3) is 0.583. The van der Waals surface area contributed by atoms with Gasteiger partial charge in [0.15, 0.2) is 0 Å². The molecule has 0 spiro atoms. The third-order valence-corrected chi connectivity index (χ3v) is 2.02. The Morgan fingerprint density at radius 2 is 1.80 bits per heavy atom. The van der Waals surface area contributed by atoms with Crippen molar-refractivity contribution >= 4 is 0 Å². The van der Waals surface area contributed by atoms with E-state index in [1.54, 1.807) is 12.4 Å². The molecule has 84 valence electrons. The zero-order valence-corrected chi connectivity index (χ0v) is 9.53. The molecule has 0 saturated carbocycles. The monoisotopic (exact) mass is 209 g/mol. The number of pyridine rings is 1. The number of rotatable bonds is 7. The molecule has 0 atom stereocenters. The second-order valence-corrected chi connectivity index (χ2v) is 3.34. The van der Waals surface area contributed by atoms with Gasteiger partial charge in [-0.2, -0.15) is 0 Å². The van der Waals surface area contributed by atoms with Crippen LogP contribution in [-0.2, 0) is 0 Å². The predicted molar refractivity (Wildman–Crippen MR) is 60.4 cm³/mol. The van der Waals surface area contributed by atoms with Gasteiger partial charge in [-0.3, -0.25) is 4.98 Å². The molecule has 0 aliphatic carbocycles. The number of ether oxygens (including phenoxy) is 2. The highest BCUT2D eigenvalue weighted by Crippen LogP contribution is 2.17. The average molecular weight is 209 g/mol. The SMILES string of the molecule is CCCCCOc1cncc(OCC)c1. The minimum absolute atomic E-state index is 0.654. The van der Waals surface area contributed by atoms with E-state index in [1.807, 2.05) is 13.0 Å². The van der Waals surface area contributed by atoms with Gasteiger partial charge in [0.2, 0.25) is 0 Å². The largest absolute Gasteiger partial charge is 0.492 e. The highest BCUT2D eigenvalue weighted by Gasteiger charge is 1.97. The Morgan fingerprint density at radius 1 is 1.07 bits per heavy atom. The highest BCUT2D eigenvalue weighted by atomic mass is 16.5.